The van der Waals surface area contributed by atoms with Crippen molar-refractivity contribution in [2.45, 2.75) is 25.9 Å². The molecule has 0 aromatic heterocycles. The van der Waals surface area contributed by atoms with Gasteiger partial charge in [0.1, 0.15) is 0 Å². The average Bonchev–Trinajstić information content (AvgIpc) is 2.02. The molecule has 0 saturated carbocycles. The standard InChI is InChI=1S/C10H11F3/c1-8-2-4-9(5-3-8)6-7-10(11,12)13/h2-5H,6-7H2,1H3. The van der Waals surface area contributed by atoms with Gasteiger partial charge in [-0.15, -0.1) is 0 Å². The highest BCUT2D eigenvalue weighted by atomic mass is 19.4. The predicted octanol–water partition coefficient (Wildman–Crippen LogP) is 3.49. The van der Waals surface area contributed by atoms with Gasteiger partial charge in [0, 0.05) is 6.42 Å². The molecule has 0 aliphatic carbocycles. The molecule has 13 heavy (non-hydrogen) atoms. The highest BCUT2D eigenvalue weighted by molar-refractivity contribution is 5.21. The summed E-state index contributed by atoms with van der Waals surface area (Å²) in [4.78, 5) is 0. The lowest BCUT2D eigenvalue weighted by Gasteiger charge is -2.05. The molecule has 0 heterocycles. The summed E-state index contributed by atoms with van der Waals surface area (Å²) < 4.78 is 35.5. The molecule has 0 aliphatic rings. The van der Waals surface area contributed by atoms with Crippen molar-refractivity contribution in [3.63, 3.8) is 0 Å². The summed E-state index contributed by atoms with van der Waals surface area (Å²) in [6.45, 7) is 1.91. The van der Waals surface area contributed by atoms with E-state index in [4.69, 9.17) is 0 Å². The fourth-order valence-electron chi connectivity index (χ4n) is 1.04. The summed E-state index contributed by atoms with van der Waals surface area (Å²) in [7, 11) is 0. The van der Waals surface area contributed by atoms with Crippen molar-refractivity contribution in [3.05, 3.63) is 35.4 Å². The minimum absolute atomic E-state index is 0.0732. The number of halogens is 3. The fraction of sp³-hybridized carbons (Fsp3) is 0.400. The van der Waals surface area contributed by atoms with Crippen LogP contribution < -0.4 is 0 Å². The molecule has 0 radical (unpaired) electrons. The molecule has 1 aromatic carbocycles. The van der Waals surface area contributed by atoms with Crippen LogP contribution in [0, 0.1) is 6.92 Å². The molecule has 0 amide bonds. The lowest BCUT2D eigenvalue weighted by Crippen LogP contribution is -2.08. The zero-order valence-electron chi connectivity index (χ0n) is 7.36. The molecule has 0 atom stereocenters. The second-order valence-corrected chi connectivity index (χ2v) is 3.10. The third kappa shape index (κ3) is 3.97. The van der Waals surface area contributed by atoms with E-state index in [1.54, 1.807) is 12.1 Å². The highest BCUT2D eigenvalue weighted by Gasteiger charge is 2.26. The quantitative estimate of drug-likeness (QED) is 0.666. The van der Waals surface area contributed by atoms with Gasteiger partial charge in [-0.3, -0.25) is 0 Å². The lowest BCUT2D eigenvalue weighted by atomic mass is 10.1. The van der Waals surface area contributed by atoms with Crippen molar-refractivity contribution >= 4 is 0 Å². The number of aryl methyl sites for hydroxylation is 2. The first kappa shape index (κ1) is 10.1. The minimum atomic E-state index is -4.05. The van der Waals surface area contributed by atoms with E-state index in [0.717, 1.165) is 11.1 Å². The summed E-state index contributed by atoms with van der Waals surface area (Å²) in [5.41, 5.74) is 1.80. The third-order valence-electron chi connectivity index (χ3n) is 1.82. The normalized spacial score (nSPS) is 11.7. The molecule has 0 nitrogen and oxygen atoms in total. The van der Waals surface area contributed by atoms with E-state index in [9.17, 15) is 13.2 Å². The van der Waals surface area contributed by atoms with E-state index in [0.29, 0.717) is 0 Å². The Morgan fingerprint density at radius 2 is 1.62 bits per heavy atom. The molecular formula is C10H11F3. The zero-order chi connectivity index (χ0) is 9.90. The SMILES string of the molecule is Cc1ccc(CCC(F)(F)F)cc1. The Labute approximate surface area is 75.4 Å². The largest absolute Gasteiger partial charge is 0.389 e. The van der Waals surface area contributed by atoms with E-state index in [1.807, 2.05) is 19.1 Å². The van der Waals surface area contributed by atoms with Gasteiger partial charge in [0.2, 0.25) is 0 Å². The van der Waals surface area contributed by atoms with Crippen LogP contribution in [0.15, 0.2) is 24.3 Å². The Morgan fingerprint density at radius 3 is 2.08 bits per heavy atom. The van der Waals surface area contributed by atoms with Gasteiger partial charge in [0.15, 0.2) is 0 Å². The van der Waals surface area contributed by atoms with Crippen LogP contribution in [0.1, 0.15) is 17.5 Å². The highest BCUT2D eigenvalue weighted by Crippen LogP contribution is 2.21. The second-order valence-electron chi connectivity index (χ2n) is 3.10. The molecule has 0 unspecified atom stereocenters. The van der Waals surface area contributed by atoms with Gasteiger partial charge >= 0.3 is 6.18 Å². The predicted molar refractivity (Wildman–Crippen MR) is 45.6 cm³/mol. The molecule has 0 saturated heterocycles. The van der Waals surface area contributed by atoms with Crippen LogP contribution in [0.2, 0.25) is 0 Å². The van der Waals surface area contributed by atoms with Crippen molar-refractivity contribution < 1.29 is 13.2 Å². The smallest absolute Gasteiger partial charge is 0.171 e. The van der Waals surface area contributed by atoms with Crippen LogP contribution in [0.3, 0.4) is 0 Å². The molecule has 3 heteroatoms. The summed E-state index contributed by atoms with van der Waals surface area (Å²) in [6.07, 6.45) is -4.72. The lowest BCUT2D eigenvalue weighted by molar-refractivity contribution is -0.133. The fourth-order valence-corrected chi connectivity index (χ4v) is 1.04. The number of alkyl halides is 3. The number of rotatable bonds is 2. The molecule has 0 fully saturated rings. The molecule has 0 N–H and O–H groups in total. The molecule has 1 aromatic rings. The molecule has 72 valence electrons. The minimum Gasteiger partial charge on any atom is -0.171 e. The van der Waals surface area contributed by atoms with E-state index in [2.05, 4.69) is 0 Å². The van der Waals surface area contributed by atoms with Crippen LogP contribution in [0.25, 0.3) is 0 Å². The monoisotopic (exact) mass is 188 g/mol. The van der Waals surface area contributed by atoms with Gasteiger partial charge in [-0.2, -0.15) is 13.2 Å². The van der Waals surface area contributed by atoms with Crippen LogP contribution in [0.4, 0.5) is 13.2 Å². The molecule has 0 bridgehead atoms. The van der Waals surface area contributed by atoms with Crippen molar-refractivity contribution in [3.8, 4) is 0 Å². The topological polar surface area (TPSA) is 0 Å². The Hall–Kier alpha value is -0.990. The van der Waals surface area contributed by atoms with Gasteiger partial charge in [0.25, 0.3) is 0 Å². The van der Waals surface area contributed by atoms with Crippen molar-refractivity contribution in [1.82, 2.24) is 0 Å². The first-order chi connectivity index (χ1) is 5.97. The van der Waals surface area contributed by atoms with Crippen LogP contribution in [0.5, 0.6) is 0 Å². The van der Waals surface area contributed by atoms with Crippen LogP contribution in [-0.2, 0) is 6.42 Å². The van der Waals surface area contributed by atoms with Gasteiger partial charge < -0.3 is 0 Å². The number of hydrogen-bond acceptors (Lipinski definition) is 0. The summed E-state index contributed by atoms with van der Waals surface area (Å²) in [5, 5.41) is 0. The van der Waals surface area contributed by atoms with Gasteiger partial charge in [-0.1, -0.05) is 29.8 Å². The molecule has 0 aliphatic heterocycles. The number of benzene rings is 1. The maximum absolute atomic E-state index is 11.8. The second kappa shape index (κ2) is 3.81. The van der Waals surface area contributed by atoms with E-state index < -0.39 is 12.6 Å². The molecule has 0 spiro atoms. The van der Waals surface area contributed by atoms with E-state index >= 15 is 0 Å². The maximum atomic E-state index is 11.8. The van der Waals surface area contributed by atoms with Crippen LogP contribution in [-0.4, -0.2) is 6.18 Å². The van der Waals surface area contributed by atoms with Crippen molar-refractivity contribution in [2.75, 3.05) is 0 Å². The summed E-state index contributed by atoms with van der Waals surface area (Å²) in [6, 6.07) is 7.12. The van der Waals surface area contributed by atoms with E-state index in [-0.39, 0.29) is 6.42 Å². The maximum Gasteiger partial charge on any atom is 0.389 e. The zero-order valence-corrected chi connectivity index (χ0v) is 7.36. The van der Waals surface area contributed by atoms with E-state index in [1.165, 1.54) is 0 Å². The van der Waals surface area contributed by atoms with Gasteiger partial charge in [-0.25, -0.2) is 0 Å². The Bertz CT molecular complexity index is 258. The molecule has 1 rings (SSSR count). The van der Waals surface area contributed by atoms with Crippen LogP contribution >= 0.6 is 0 Å². The average molecular weight is 188 g/mol. The number of hydrogen-bond donors (Lipinski definition) is 0. The first-order valence-electron chi connectivity index (χ1n) is 4.10. The van der Waals surface area contributed by atoms with Gasteiger partial charge in [0.05, 0.1) is 0 Å². The van der Waals surface area contributed by atoms with Gasteiger partial charge in [-0.05, 0) is 18.9 Å². The van der Waals surface area contributed by atoms with Crippen molar-refractivity contribution in [2.24, 2.45) is 0 Å². The Kier molecular flexibility index (Phi) is 2.96. The molecular weight excluding hydrogens is 177 g/mol. The first-order valence-corrected chi connectivity index (χ1v) is 4.10. The summed E-state index contributed by atoms with van der Waals surface area (Å²) >= 11 is 0. The Morgan fingerprint density at radius 1 is 1.08 bits per heavy atom. The summed E-state index contributed by atoms with van der Waals surface area (Å²) in [5.74, 6) is 0. The Balaban J connectivity index is 2.51. The third-order valence-corrected chi connectivity index (χ3v) is 1.82. The van der Waals surface area contributed by atoms with Crippen molar-refractivity contribution in [1.29, 1.82) is 0 Å².